The highest BCUT2D eigenvalue weighted by Gasteiger charge is 2.21. The van der Waals surface area contributed by atoms with Crippen LogP contribution in [0.3, 0.4) is 0 Å². The molecule has 5 nitrogen and oxygen atoms in total. The van der Waals surface area contributed by atoms with Gasteiger partial charge < -0.3 is 14.6 Å². The van der Waals surface area contributed by atoms with Gasteiger partial charge in [-0.2, -0.15) is 0 Å². The van der Waals surface area contributed by atoms with Gasteiger partial charge in [0.15, 0.2) is 0 Å². The molecule has 1 amide bonds. The van der Waals surface area contributed by atoms with E-state index in [9.17, 15) is 4.79 Å². The van der Waals surface area contributed by atoms with E-state index in [0.29, 0.717) is 6.42 Å². The molecule has 0 fully saturated rings. The minimum absolute atomic E-state index is 0.0368. The zero-order chi connectivity index (χ0) is 15.5. The van der Waals surface area contributed by atoms with Crippen LogP contribution in [-0.4, -0.2) is 28.6 Å². The Labute approximate surface area is 130 Å². The number of carbonyl (C=O) groups is 1. The highest BCUT2D eigenvalue weighted by atomic mass is 16.5. The Morgan fingerprint density at radius 3 is 3.09 bits per heavy atom. The van der Waals surface area contributed by atoms with Crippen molar-refractivity contribution in [3.05, 3.63) is 47.5 Å². The summed E-state index contributed by atoms with van der Waals surface area (Å²) in [5.41, 5.74) is 1.95. The summed E-state index contributed by atoms with van der Waals surface area (Å²) < 4.78 is 7.44. The average Bonchev–Trinajstić information content (AvgIpc) is 2.87. The Bertz CT molecular complexity index is 678. The van der Waals surface area contributed by atoms with Crippen LogP contribution in [0.4, 0.5) is 0 Å². The van der Waals surface area contributed by atoms with Crippen molar-refractivity contribution < 1.29 is 9.53 Å². The second-order valence-corrected chi connectivity index (χ2v) is 5.74. The summed E-state index contributed by atoms with van der Waals surface area (Å²) in [4.78, 5) is 16.8. The van der Waals surface area contributed by atoms with Gasteiger partial charge >= 0.3 is 0 Å². The van der Waals surface area contributed by atoms with E-state index in [-0.39, 0.29) is 11.9 Å². The molecule has 0 unspecified atom stereocenters. The van der Waals surface area contributed by atoms with Gasteiger partial charge in [-0.1, -0.05) is 18.2 Å². The highest BCUT2D eigenvalue weighted by molar-refractivity contribution is 5.79. The minimum Gasteiger partial charge on any atom is -0.496 e. The number of aromatic nitrogens is 2. The molecule has 0 saturated carbocycles. The molecule has 0 radical (unpaired) electrons. The molecule has 116 valence electrons. The first kappa shape index (κ1) is 14.6. The lowest BCUT2D eigenvalue weighted by Gasteiger charge is -2.24. The van der Waals surface area contributed by atoms with Crippen molar-refractivity contribution in [1.82, 2.24) is 14.9 Å². The largest absolute Gasteiger partial charge is 0.496 e. The number of hydrogen-bond donors (Lipinski definition) is 1. The van der Waals surface area contributed by atoms with Crippen LogP contribution >= 0.6 is 0 Å². The number of amides is 1. The lowest BCUT2D eigenvalue weighted by molar-refractivity contribution is -0.121. The molecule has 5 heteroatoms. The van der Waals surface area contributed by atoms with Gasteiger partial charge in [-0.3, -0.25) is 4.79 Å². The van der Waals surface area contributed by atoms with E-state index >= 15 is 0 Å². The summed E-state index contributed by atoms with van der Waals surface area (Å²) in [5.74, 6) is 1.91. The first-order chi connectivity index (χ1) is 10.7. The fourth-order valence-electron chi connectivity index (χ4n) is 3.00. The van der Waals surface area contributed by atoms with Gasteiger partial charge in [0.05, 0.1) is 19.2 Å². The third kappa shape index (κ3) is 3.13. The first-order valence-electron chi connectivity index (χ1n) is 7.59. The lowest BCUT2D eigenvalue weighted by atomic mass is 10.1. The monoisotopic (exact) mass is 299 g/mol. The van der Waals surface area contributed by atoms with Crippen molar-refractivity contribution in [2.24, 2.45) is 0 Å². The zero-order valence-corrected chi connectivity index (χ0v) is 13.0. The number of para-hydroxylation sites is 1. The number of hydrogen-bond acceptors (Lipinski definition) is 3. The van der Waals surface area contributed by atoms with E-state index < -0.39 is 0 Å². The molecule has 1 atom stereocenters. The Morgan fingerprint density at radius 1 is 1.45 bits per heavy atom. The molecule has 22 heavy (non-hydrogen) atoms. The van der Waals surface area contributed by atoms with Crippen LogP contribution in [0.2, 0.25) is 0 Å². The number of rotatable bonds is 4. The van der Waals surface area contributed by atoms with Crippen LogP contribution in [0.25, 0.3) is 0 Å². The maximum absolute atomic E-state index is 12.3. The maximum Gasteiger partial charge on any atom is 0.224 e. The summed E-state index contributed by atoms with van der Waals surface area (Å²) in [6.07, 6.45) is 4.24. The van der Waals surface area contributed by atoms with Crippen LogP contribution in [0, 0.1) is 6.92 Å². The fourth-order valence-corrected chi connectivity index (χ4v) is 3.00. The molecule has 0 bridgehead atoms. The summed E-state index contributed by atoms with van der Waals surface area (Å²) in [7, 11) is 1.63. The topological polar surface area (TPSA) is 56.1 Å². The molecule has 1 N–H and O–H groups in total. The molecular weight excluding hydrogens is 278 g/mol. The molecule has 2 aromatic rings. The normalized spacial score (nSPS) is 16.9. The van der Waals surface area contributed by atoms with E-state index in [0.717, 1.165) is 42.2 Å². The van der Waals surface area contributed by atoms with Crippen molar-refractivity contribution in [3.63, 3.8) is 0 Å². The summed E-state index contributed by atoms with van der Waals surface area (Å²) in [5, 5.41) is 3.13. The van der Waals surface area contributed by atoms with Gasteiger partial charge in [0.2, 0.25) is 5.91 Å². The van der Waals surface area contributed by atoms with Crippen molar-refractivity contribution >= 4 is 5.91 Å². The number of aryl methyl sites for hydroxylation is 2. The minimum atomic E-state index is 0.0368. The molecule has 1 aromatic heterocycles. The Hall–Kier alpha value is -2.30. The predicted molar refractivity (Wildman–Crippen MR) is 83.9 cm³/mol. The number of ether oxygens (including phenoxy) is 1. The van der Waals surface area contributed by atoms with E-state index in [4.69, 9.17) is 4.74 Å². The molecule has 1 aromatic carbocycles. The number of nitrogens with one attached hydrogen (secondary N) is 1. The van der Waals surface area contributed by atoms with Crippen molar-refractivity contribution in [1.29, 1.82) is 0 Å². The molecular formula is C17H21N3O2. The van der Waals surface area contributed by atoms with Crippen LogP contribution < -0.4 is 10.1 Å². The van der Waals surface area contributed by atoms with Gasteiger partial charge in [-0.25, -0.2) is 4.98 Å². The van der Waals surface area contributed by atoms with Crippen LogP contribution in [0.1, 0.15) is 23.5 Å². The van der Waals surface area contributed by atoms with Crippen LogP contribution in [-0.2, 0) is 24.2 Å². The molecule has 0 aliphatic carbocycles. The summed E-state index contributed by atoms with van der Waals surface area (Å²) >= 11 is 0. The SMILES string of the molecule is COc1ccccc1CC(=O)N[C@H]1CCc2nc(C)cn2C1. The van der Waals surface area contributed by atoms with E-state index in [1.54, 1.807) is 7.11 Å². The quantitative estimate of drug-likeness (QED) is 0.938. The van der Waals surface area contributed by atoms with Gasteiger partial charge in [-0.15, -0.1) is 0 Å². The predicted octanol–water partition coefficient (Wildman–Crippen LogP) is 1.87. The lowest BCUT2D eigenvalue weighted by Crippen LogP contribution is -2.41. The molecule has 2 heterocycles. The van der Waals surface area contributed by atoms with Gasteiger partial charge in [0, 0.05) is 30.8 Å². The number of nitrogens with zero attached hydrogens (tertiary/aromatic N) is 2. The number of methoxy groups -OCH3 is 1. The van der Waals surface area contributed by atoms with Crippen LogP contribution in [0.5, 0.6) is 5.75 Å². The first-order valence-corrected chi connectivity index (χ1v) is 7.59. The second-order valence-electron chi connectivity index (χ2n) is 5.74. The third-order valence-electron chi connectivity index (χ3n) is 4.02. The maximum atomic E-state index is 12.3. The molecule has 0 spiro atoms. The number of imidazole rings is 1. The van der Waals surface area contributed by atoms with E-state index in [2.05, 4.69) is 14.9 Å². The Balaban J connectivity index is 1.61. The van der Waals surface area contributed by atoms with Crippen molar-refractivity contribution in [3.8, 4) is 5.75 Å². The Morgan fingerprint density at radius 2 is 2.27 bits per heavy atom. The molecule has 1 aliphatic rings. The van der Waals surface area contributed by atoms with Crippen LogP contribution in [0.15, 0.2) is 30.5 Å². The number of fused-ring (bicyclic) bond motifs is 1. The van der Waals surface area contributed by atoms with Crippen molar-refractivity contribution in [2.75, 3.05) is 7.11 Å². The Kier molecular flexibility index (Phi) is 4.13. The van der Waals surface area contributed by atoms with Gasteiger partial charge in [0.25, 0.3) is 0 Å². The third-order valence-corrected chi connectivity index (χ3v) is 4.02. The highest BCUT2D eigenvalue weighted by Crippen LogP contribution is 2.19. The fraction of sp³-hybridized carbons (Fsp3) is 0.412. The summed E-state index contributed by atoms with van der Waals surface area (Å²) in [6, 6.07) is 7.81. The van der Waals surface area contributed by atoms with Crippen molar-refractivity contribution in [2.45, 2.75) is 38.8 Å². The smallest absolute Gasteiger partial charge is 0.224 e. The molecule has 3 rings (SSSR count). The molecule has 0 saturated heterocycles. The van der Waals surface area contributed by atoms with Gasteiger partial charge in [-0.05, 0) is 19.4 Å². The summed E-state index contributed by atoms with van der Waals surface area (Å²) in [6.45, 7) is 2.80. The average molecular weight is 299 g/mol. The second kappa shape index (κ2) is 6.22. The van der Waals surface area contributed by atoms with E-state index in [1.807, 2.05) is 37.4 Å². The number of benzene rings is 1. The molecule has 1 aliphatic heterocycles. The van der Waals surface area contributed by atoms with Gasteiger partial charge in [0.1, 0.15) is 11.6 Å². The number of carbonyl (C=O) groups excluding carboxylic acids is 1. The van der Waals surface area contributed by atoms with E-state index in [1.165, 1.54) is 0 Å². The zero-order valence-electron chi connectivity index (χ0n) is 13.0. The standard InChI is InChI=1S/C17H21N3O2/c1-12-10-20-11-14(7-8-16(20)18-12)19-17(21)9-13-5-3-4-6-15(13)22-2/h3-6,10,14H,7-9,11H2,1-2H3,(H,19,21)/t14-/m0/s1.